The molecule has 3 aromatic rings. The van der Waals surface area contributed by atoms with Crippen LogP contribution in [0.3, 0.4) is 0 Å². The summed E-state index contributed by atoms with van der Waals surface area (Å²) in [6.07, 6.45) is 2.35. The normalized spacial score (nSPS) is 12.3. The fourth-order valence-corrected chi connectivity index (χ4v) is 2.75. The van der Waals surface area contributed by atoms with Crippen molar-refractivity contribution in [3.8, 4) is 0 Å². The molecule has 1 atom stereocenters. The molecule has 0 aliphatic carbocycles. The van der Waals surface area contributed by atoms with E-state index in [2.05, 4.69) is 15.5 Å². The molecule has 4 N–H and O–H groups in total. The topological polar surface area (TPSA) is 83.8 Å². The second-order valence-electron chi connectivity index (χ2n) is 5.71. The molecule has 5 nitrogen and oxygen atoms in total. The van der Waals surface area contributed by atoms with Crippen molar-refractivity contribution in [1.29, 1.82) is 0 Å². The molecule has 0 saturated carbocycles. The lowest BCUT2D eigenvalue weighted by Gasteiger charge is -2.17. The largest absolute Gasteiger partial charge is 0.330 e. The number of nitrogens with two attached hydrogens (primary N) is 1. The summed E-state index contributed by atoms with van der Waals surface area (Å²) in [6.45, 7) is 2.49. The van der Waals surface area contributed by atoms with Crippen molar-refractivity contribution >= 4 is 22.5 Å². The highest BCUT2D eigenvalue weighted by Crippen LogP contribution is 2.23. The van der Waals surface area contributed by atoms with Crippen LogP contribution in [0.5, 0.6) is 0 Å². The summed E-state index contributed by atoms with van der Waals surface area (Å²) in [5.74, 6) is -0.288. The molecule has 1 amide bonds. The highest BCUT2D eigenvalue weighted by molar-refractivity contribution is 5.97. The number of rotatable bonds is 5. The Hall–Kier alpha value is -2.66. The Morgan fingerprint density at radius 1 is 1.30 bits per heavy atom. The molecule has 0 aliphatic heterocycles. The molecule has 0 saturated heterocycles. The number of fused-ring (bicyclic) bond motifs is 1. The molecular formula is C18H20N4O. The first-order chi connectivity index (χ1) is 11.2. The number of hydrogen-bond donors (Lipinski definition) is 3. The van der Waals surface area contributed by atoms with E-state index in [-0.39, 0.29) is 11.8 Å². The van der Waals surface area contributed by atoms with Crippen molar-refractivity contribution in [2.45, 2.75) is 19.3 Å². The SMILES string of the molecule is Cc1cccc(C(CCN)C(=O)Nc2ccc3[nH]ncc3c2)c1. The zero-order valence-corrected chi connectivity index (χ0v) is 13.0. The second-order valence-corrected chi connectivity index (χ2v) is 5.71. The predicted molar refractivity (Wildman–Crippen MR) is 92.3 cm³/mol. The minimum Gasteiger partial charge on any atom is -0.330 e. The smallest absolute Gasteiger partial charge is 0.231 e. The minimum absolute atomic E-state index is 0.0381. The number of benzene rings is 2. The number of aromatic nitrogens is 2. The Kier molecular flexibility index (Phi) is 4.39. The van der Waals surface area contributed by atoms with Gasteiger partial charge < -0.3 is 11.1 Å². The van der Waals surface area contributed by atoms with Gasteiger partial charge in [-0.15, -0.1) is 0 Å². The standard InChI is InChI=1S/C18H20N4O/c1-12-3-2-4-13(9-12)16(7-8-19)18(23)21-15-5-6-17-14(10-15)11-20-22-17/h2-6,9-11,16H,7-8,19H2,1H3,(H,20,22)(H,21,23). The number of hydrogen-bond acceptors (Lipinski definition) is 3. The molecule has 0 aliphatic rings. The van der Waals surface area contributed by atoms with Gasteiger partial charge in [-0.25, -0.2) is 0 Å². The molecule has 0 fully saturated rings. The number of nitrogens with one attached hydrogen (secondary N) is 2. The van der Waals surface area contributed by atoms with Crippen molar-refractivity contribution in [3.05, 3.63) is 59.8 Å². The molecule has 2 aromatic carbocycles. The number of amides is 1. The van der Waals surface area contributed by atoms with E-state index in [4.69, 9.17) is 5.73 Å². The fraction of sp³-hybridized carbons (Fsp3) is 0.222. The van der Waals surface area contributed by atoms with Crippen LogP contribution in [-0.2, 0) is 4.79 Å². The zero-order chi connectivity index (χ0) is 16.2. The number of carbonyl (C=O) groups is 1. The minimum atomic E-state index is -0.250. The average molecular weight is 308 g/mol. The first-order valence-electron chi connectivity index (χ1n) is 7.68. The molecule has 0 radical (unpaired) electrons. The number of anilines is 1. The summed E-state index contributed by atoms with van der Waals surface area (Å²) in [5, 5.41) is 10.8. The van der Waals surface area contributed by atoms with Crippen LogP contribution < -0.4 is 11.1 Å². The Morgan fingerprint density at radius 3 is 2.96 bits per heavy atom. The molecule has 1 aromatic heterocycles. The van der Waals surface area contributed by atoms with Crippen molar-refractivity contribution in [2.75, 3.05) is 11.9 Å². The van der Waals surface area contributed by atoms with Crippen molar-refractivity contribution < 1.29 is 4.79 Å². The van der Waals surface area contributed by atoms with E-state index in [0.29, 0.717) is 13.0 Å². The zero-order valence-electron chi connectivity index (χ0n) is 13.0. The van der Waals surface area contributed by atoms with E-state index in [1.165, 1.54) is 0 Å². The third-order valence-electron chi connectivity index (χ3n) is 3.92. The van der Waals surface area contributed by atoms with Crippen LogP contribution in [0.2, 0.25) is 0 Å². The summed E-state index contributed by atoms with van der Waals surface area (Å²) in [4.78, 5) is 12.7. The number of aryl methyl sites for hydroxylation is 1. The lowest BCUT2D eigenvalue weighted by Crippen LogP contribution is -2.23. The van der Waals surface area contributed by atoms with E-state index in [9.17, 15) is 4.79 Å². The maximum atomic E-state index is 12.7. The molecule has 23 heavy (non-hydrogen) atoms. The van der Waals surface area contributed by atoms with Gasteiger partial charge in [-0.05, 0) is 43.7 Å². The molecule has 0 spiro atoms. The molecule has 1 unspecified atom stereocenters. The average Bonchev–Trinajstić information content (AvgIpc) is 3.00. The van der Waals surface area contributed by atoms with Crippen LogP contribution in [0.1, 0.15) is 23.5 Å². The first-order valence-corrected chi connectivity index (χ1v) is 7.68. The Labute approximate surface area is 134 Å². The fourth-order valence-electron chi connectivity index (χ4n) is 2.75. The van der Waals surface area contributed by atoms with E-state index in [1.807, 2.05) is 49.4 Å². The third-order valence-corrected chi connectivity index (χ3v) is 3.92. The van der Waals surface area contributed by atoms with Crippen LogP contribution in [0.15, 0.2) is 48.7 Å². The molecular weight excluding hydrogens is 288 g/mol. The third kappa shape index (κ3) is 3.40. The Balaban J connectivity index is 1.83. The summed E-state index contributed by atoms with van der Waals surface area (Å²) in [6, 6.07) is 13.7. The predicted octanol–water partition coefficient (Wildman–Crippen LogP) is 2.94. The van der Waals surface area contributed by atoms with Crippen LogP contribution in [0.25, 0.3) is 10.9 Å². The number of nitrogens with zero attached hydrogens (tertiary/aromatic N) is 1. The van der Waals surface area contributed by atoms with Gasteiger partial charge in [0.25, 0.3) is 0 Å². The van der Waals surface area contributed by atoms with E-state index >= 15 is 0 Å². The summed E-state index contributed by atoms with van der Waals surface area (Å²) >= 11 is 0. The summed E-state index contributed by atoms with van der Waals surface area (Å²) in [5.41, 5.74) is 9.55. The van der Waals surface area contributed by atoms with Gasteiger partial charge in [-0.3, -0.25) is 9.89 Å². The van der Waals surface area contributed by atoms with Gasteiger partial charge in [0.1, 0.15) is 0 Å². The monoisotopic (exact) mass is 308 g/mol. The molecule has 1 heterocycles. The van der Waals surface area contributed by atoms with Gasteiger partial charge in [-0.2, -0.15) is 5.10 Å². The van der Waals surface area contributed by atoms with Crippen LogP contribution in [0.4, 0.5) is 5.69 Å². The van der Waals surface area contributed by atoms with Crippen LogP contribution >= 0.6 is 0 Å². The Bertz CT molecular complexity index is 825. The highest BCUT2D eigenvalue weighted by atomic mass is 16.1. The van der Waals surface area contributed by atoms with Gasteiger partial charge in [0.15, 0.2) is 0 Å². The highest BCUT2D eigenvalue weighted by Gasteiger charge is 2.20. The van der Waals surface area contributed by atoms with Gasteiger partial charge in [-0.1, -0.05) is 29.8 Å². The van der Waals surface area contributed by atoms with Crippen molar-refractivity contribution in [1.82, 2.24) is 10.2 Å². The maximum Gasteiger partial charge on any atom is 0.231 e. The number of aromatic amines is 1. The number of H-pyrrole nitrogens is 1. The van der Waals surface area contributed by atoms with E-state index in [1.54, 1.807) is 6.20 Å². The maximum absolute atomic E-state index is 12.7. The van der Waals surface area contributed by atoms with Crippen molar-refractivity contribution in [2.24, 2.45) is 5.73 Å². The molecule has 3 rings (SSSR count). The van der Waals surface area contributed by atoms with Crippen molar-refractivity contribution in [3.63, 3.8) is 0 Å². The Morgan fingerprint density at radius 2 is 2.17 bits per heavy atom. The summed E-state index contributed by atoms with van der Waals surface area (Å²) < 4.78 is 0. The quantitative estimate of drug-likeness (QED) is 0.677. The second kappa shape index (κ2) is 6.62. The first kappa shape index (κ1) is 15.2. The van der Waals surface area contributed by atoms with Gasteiger partial charge >= 0.3 is 0 Å². The molecule has 118 valence electrons. The lowest BCUT2D eigenvalue weighted by molar-refractivity contribution is -0.117. The van der Waals surface area contributed by atoms with E-state index in [0.717, 1.165) is 27.7 Å². The molecule has 0 bridgehead atoms. The summed E-state index contributed by atoms with van der Waals surface area (Å²) in [7, 11) is 0. The van der Waals surface area contributed by atoms with Gasteiger partial charge in [0.2, 0.25) is 5.91 Å². The molecule has 5 heteroatoms. The van der Waals surface area contributed by atoms with Crippen LogP contribution in [-0.4, -0.2) is 22.6 Å². The number of carbonyl (C=O) groups excluding carboxylic acids is 1. The van der Waals surface area contributed by atoms with Gasteiger partial charge in [0, 0.05) is 11.1 Å². The van der Waals surface area contributed by atoms with Crippen LogP contribution in [0, 0.1) is 6.92 Å². The van der Waals surface area contributed by atoms with E-state index < -0.39 is 0 Å². The lowest BCUT2D eigenvalue weighted by atomic mass is 9.93. The van der Waals surface area contributed by atoms with Gasteiger partial charge in [0.05, 0.1) is 17.6 Å².